The van der Waals surface area contributed by atoms with E-state index in [2.05, 4.69) is 25.6 Å². The molecule has 5 heterocycles. The van der Waals surface area contributed by atoms with Gasteiger partial charge in [-0.2, -0.15) is 0 Å². The molecule has 2 aliphatic carbocycles. The Morgan fingerprint density at radius 3 is 1.45 bits per heavy atom. The Hall–Kier alpha value is -7.95. The lowest BCUT2D eigenvalue weighted by molar-refractivity contribution is -0.119. The normalized spacial score (nSPS) is 19.9. The molecule has 342 valence electrons. The Morgan fingerprint density at radius 1 is 0.597 bits per heavy atom. The van der Waals surface area contributed by atoms with Gasteiger partial charge in [0, 0.05) is 77.7 Å². The van der Waals surface area contributed by atoms with E-state index < -0.39 is 36.2 Å². The van der Waals surface area contributed by atoms with E-state index in [1.165, 1.54) is 35.3 Å². The maximum absolute atomic E-state index is 13.3. The second kappa shape index (κ2) is 20.5. The SMILES string of the molecule is CC(=O)NC[C@H]1CN(c2ccc3c(c2)CCCC(C(=O)c2cccnc2)C3=O)C(=O)O1.O=C(NC[C@H]1CN(c2ccc3c(c2)CCCC(C(=O)c2cccnc2)C3=O)C(=O)O1)c1cccnc1. The Balaban J connectivity index is 0.000000184. The van der Waals surface area contributed by atoms with Gasteiger partial charge < -0.3 is 20.1 Å². The van der Waals surface area contributed by atoms with E-state index in [9.17, 15) is 38.4 Å². The van der Waals surface area contributed by atoms with Crippen LogP contribution in [0.4, 0.5) is 21.0 Å². The van der Waals surface area contributed by atoms with Crippen molar-refractivity contribution in [1.82, 2.24) is 25.6 Å². The van der Waals surface area contributed by atoms with Crippen LogP contribution in [-0.4, -0.2) is 100 Å². The number of carbonyl (C=O) groups is 8. The second-order valence-corrected chi connectivity index (χ2v) is 16.6. The highest BCUT2D eigenvalue weighted by molar-refractivity contribution is 6.17. The summed E-state index contributed by atoms with van der Waals surface area (Å²) in [6.07, 6.45) is 10.8. The van der Waals surface area contributed by atoms with Gasteiger partial charge in [0.15, 0.2) is 23.1 Å². The van der Waals surface area contributed by atoms with Crippen LogP contribution in [0.15, 0.2) is 110 Å². The van der Waals surface area contributed by atoms with Gasteiger partial charge in [-0.05, 0) is 122 Å². The molecule has 2 aliphatic heterocycles. The van der Waals surface area contributed by atoms with Crippen LogP contribution in [-0.2, 0) is 27.1 Å². The number of aryl methyl sites for hydroxylation is 2. The summed E-state index contributed by atoms with van der Waals surface area (Å²) in [5.41, 5.74) is 5.20. The molecule has 67 heavy (non-hydrogen) atoms. The number of cyclic esters (lactones) is 2. The van der Waals surface area contributed by atoms with Crippen LogP contribution in [0.2, 0.25) is 0 Å². The lowest BCUT2D eigenvalue weighted by Gasteiger charge is -2.16. The van der Waals surface area contributed by atoms with Crippen LogP contribution in [0.3, 0.4) is 0 Å². The number of hydrogen-bond donors (Lipinski definition) is 2. The lowest BCUT2D eigenvalue weighted by Crippen LogP contribution is -2.34. The smallest absolute Gasteiger partial charge is 0.414 e. The van der Waals surface area contributed by atoms with Crippen LogP contribution in [0.5, 0.6) is 0 Å². The maximum Gasteiger partial charge on any atom is 0.414 e. The second-order valence-electron chi connectivity index (χ2n) is 16.6. The number of ether oxygens (including phenoxy) is 2. The molecule has 0 spiro atoms. The Kier molecular flexibility index (Phi) is 13.9. The van der Waals surface area contributed by atoms with Gasteiger partial charge in [0.25, 0.3) is 5.91 Å². The van der Waals surface area contributed by atoms with E-state index in [0.717, 1.165) is 11.1 Å². The molecule has 5 aromatic rings. The minimum Gasteiger partial charge on any atom is -0.442 e. The van der Waals surface area contributed by atoms with Crippen molar-refractivity contribution in [3.8, 4) is 0 Å². The summed E-state index contributed by atoms with van der Waals surface area (Å²) >= 11 is 0. The highest BCUT2D eigenvalue weighted by atomic mass is 16.6. The Morgan fingerprint density at radius 2 is 1.03 bits per heavy atom. The van der Waals surface area contributed by atoms with E-state index in [4.69, 9.17) is 9.47 Å². The zero-order chi connectivity index (χ0) is 47.0. The van der Waals surface area contributed by atoms with Crippen molar-refractivity contribution in [3.63, 3.8) is 0 Å². The third-order valence-electron chi connectivity index (χ3n) is 12.1. The van der Waals surface area contributed by atoms with Crippen molar-refractivity contribution in [3.05, 3.63) is 149 Å². The fourth-order valence-electron chi connectivity index (χ4n) is 8.68. The average Bonchev–Trinajstić information content (AvgIpc) is 3.82. The van der Waals surface area contributed by atoms with Crippen molar-refractivity contribution in [2.24, 2.45) is 11.8 Å². The number of aromatic nitrogens is 3. The van der Waals surface area contributed by atoms with E-state index in [1.54, 1.807) is 79.3 Å². The number of rotatable bonds is 11. The Labute approximate surface area is 385 Å². The number of pyridine rings is 3. The summed E-state index contributed by atoms with van der Waals surface area (Å²) in [4.78, 5) is 115. The van der Waals surface area contributed by atoms with Crippen molar-refractivity contribution >= 4 is 58.5 Å². The number of hydrogen-bond acceptors (Lipinski definition) is 13. The molecule has 2 unspecified atom stereocenters. The average molecular weight is 906 g/mol. The lowest BCUT2D eigenvalue weighted by atomic mass is 9.88. The molecular weight excluding hydrogens is 859 g/mol. The molecule has 0 radical (unpaired) electrons. The van der Waals surface area contributed by atoms with Crippen molar-refractivity contribution in [2.45, 2.75) is 57.7 Å². The van der Waals surface area contributed by atoms with Gasteiger partial charge in [0.05, 0.1) is 43.6 Å². The van der Waals surface area contributed by atoms with Crippen LogP contribution in [0, 0.1) is 11.8 Å². The summed E-state index contributed by atoms with van der Waals surface area (Å²) in [6.45, 7) is 2.40. The predicted octanol–water partition coefficient (Wildman–Crippen LogP) is 5.81. The summed E-state index contributed by atoms with van der Waals surface area (Å²) < 4.78 is 10.8. The topological polar surface area (TPSA) is 224 Å². The number of nitrogens with zero attached hydrogens (tertiary/aromatic N) is 5. The van der Waals surface area contributed by atoms with Crippen molar-refractivity contribution < 1.29 is 47.8 Å². The van der Waals surface area contributed by atoms with E-state index >= 15 is 0 Å². The molecule has 4 atom stereocenters. The van der Waals surface area contributed by atoms with Crippen LogP contribution in [0.1, 0.15) is 95.5 Å². The molecule has 4 amide bonds. The van der Waals surface area contributed by atoms with E-state index in [-0.39, 0.29) is 54.6 Å². The van der Waals surface area contributed by atoms with Gasteiger partial charge >= 0.3 is 12.2 Å². The van der Waals surface area contributed by atoms with Gasteiger partial charge in [0.1, 0.15) is 12.2 Å². The van der Waals surface area contributed by atoms with Gasteiger partial charge in [0.2, 0.25) is 5.91 Å². The first kappa shape index (κ1) is 45.6. The standard InChI is InChI=1S/C27H24N4O5.C23H23N3O5/c32-24(18-5-2-10-28-13-18)23-7-1-4-17-12-20(8-9-22(17)25(23)33)31-16-21(36-27(31)35)15-30-26(34)19-6-3-11-29-14-19;1-14(27)25-12-18-13-26(23(30)31-18)17-7-8-19-15(10-17)4-2-6-20(22(19)29)21(28)16-5-3-9-24-11-16/h2-3,5-6,8-14,21,23H,1,4,7,15-16H2,(H,30,34);3,5,7-11,18,20H,2,4,6,12-13H2,1H3,(H,25,27)/t21-,23?;18-,20?/m00/s1. The van der Waals surface area contributed by atoms with Gasteiger partial charge in [-0.3, -0.25) is 53.5 Å². The number of anilines is 2. The molecule has 0 bridgehead atoms. The summed E-state index contributed by atoms with van der Waals surface area (Å²) in [6, 6.07) is 20.5. The number of carbonyl (C=O) groups excluding carboxylic acids is 8. The van der Waals surface area contributed by atoms with E-state index in [1.807, 2.05) is 12.1 Å². The van der Waals surface area contributed by atoms with Crippen LogP contribution >= 0.6 is 0 Å². The number of amides is 4. The largest absolute Gasteiger partial charge is 0.442 e. The quantitative estimate of drug-likeness (QED) is 0.0908. The van der Waals surface area contributed by atoms with Crippen molar-refractivity contribution in [2.75, 3.05) is 36.0 Å². The zero-order valence-electron chi connectivity index (χ0n) is 36.6. The minimum absolute atomic E-state index is 0.164. The minimum atomic E-state index is -0.745. The summed E-state index contributed by atoms with van der Waals surface area (Å²) in [5, 5.41) is 5.41. The highest BCUT2D eigenvalue weighted by Crippen LogP contribution is 2.33. The van der Waals surface area contributed by atoms with Crippen LogP contribution < -0.4 is 20.4 Å². The molecule has 2 saturated heterocycles. The molecule has 4 aliphatic rings. The Bertz CT molecular complexity index is 2720. The number of fused-ring (bicyclic) bond motifs is 2. The molecule has 17 nitrogen and oxygen atoms in total. The molecular formula is C50H47N7O10. The molecule has 3 aromatic heterocycles. The number of ketones is 4. The molecule has 2 aromatic carbocycles. The monoisotopic (exact) mass is 905 g/mol. The zero-order valence-corrected chi connectivity index (χ0v) is 36.6. The third kappa shape index (κ3) is 10.5. The highest BCUT2D eigenvalue weighted by Gasteiger charge is 2.37. The van der Waals surface area contributed by atoms with Crippen molar-refractivity contribution in [1.29, 1.82) is 0 Å². The first-order valence-electron chi connectivity index (χ1n) is 22.1. The van der Waals surface area contributed by atoms with Crippen LogP contribution in [0.25, 0.3) is 0 Å². The molecule has 17 heteroatoms. The number of nitrogens with one attached hydrogen (secondary N) is 2. The maximum atomic E-state index is 13.3. The predicted molar refractivity (Wildman–Crippen MR) is 242 cm³/mol. The fourth-order valence-corrected chi connectivity index (χ4v) is 8.68. The summed E-state index contributed by atoms with van der Waals surface area (Å²) in [7, 11) is 0. The third-order valence-corrected chi connectivity index (χ3v) is 12.1. The molecule has 2 N–H and O–H groups in total. The van der Waals surface area contributed by atoms with Gasteiger partial charge in [-0.25, -0.2) is 9.59 Å². The first-order valence-corrected chi connectivity index (χ1v) is 22.1. The van der Waals surface area contributed by atoms with Gasteiger partial charge in [-0.15, -0.1) is 0 Å². The molecule has 0 saturated carbocycles. The molecule has 9 rings (SSSR count). The summed E-state index contributed by atoms with van der Waals surface area (Å²) in [5.74, 6) is -2.78. The van der Waals surface area contributed by atoms with Gasteiger partial charge in [-0.1, -0.05) is 0 Å². The molecule has 2 fully saturated rings. The first-order chi connectivity index (χ1) is 32.4. The number of Topliss-reactive ketones (excluding diaryl/α,β-unsaturated/α-hetero) is 4. The van der Waals surface area contributed by atoms with E-state index in [0.29, 0.717) is 84.3 Å². The fraction of sp³-hybridized carbons (Fsp3) is 0.300. The number of benzene rings is 2.